The number of benzene rings is 1. The quantitative estimate of drug-likeness (QED) is 0.833. The summed E-state index contributed by atoms with van der Waals surface area (Å²) in [7, 11) is 3.25. The Morgan fingerprint density at radius 2 is 1.95 bits per heavy atom. The summed E-state index contributed by atoms with van der Waals surface area (Å²) in [5, 5.41) is 6.51. The average molecular weight is 293 g/mol. The van der Waals surface area contributed by atoms with Crippen LogP contribution in [0.2, 0.25) is 0 Å². The number of aliphatic imine (C=N–C) groups is 1. The Kier molecular flexibility index (Phi) is 5.54. The molecule has 0 bridgehead atoms. The topological polar surface area (TPSA) is 64.1 Å². The Hall–Kier alpha value is -2.11. The molecule has 21 heavy (non-hydrogen) atoms. The summed E-state index contributed by atoms with van der Waals surface area (Å²) < 4.78 is 16.4. The zero-order chi connectivity index (χ0) is 15.1. The predicted octanol–water partition coefficient (Wildman–Crippen LogP) is 1.54. The van der Waals surface area contributed by atoms with Crippen LogP contribution in [0.4, 0.5) is 0 Å². The number of ether oxygens (including phenoxy) is 3. The summed E-state index contributed by atoms with van der Waals surface area (Å²) in [6, 6.07) is 3.90. The average Bonchev–Trinajstić information content (AvgIpc) is 2.54. The Labute approximate surface area is 125 Å². The second-order valence-electron chi connectivity index (χ2n) is 4.63. The molecule has 116 valence electrons. The molecule has 1 aromatic carbocycles. The third-order valence-corrected chi connectivity index (χ3v) is 3.17. The van der Waals surface area contributed by atoms with Crippen molar-refractivity contribution in [1.29, 1.82) is 0 Å². The second-order valence-corrected chi connectivity index (χ2v) is 4.63. The molecule has 0 atom stereocenters. The highest BCUT2D eigenvalue weighted by atomic mass is 16.5. The molecule has 0 aliphatic carbocycles. The van der Waals surface area contributed by atoms with E-state index in [-0.39, 0.29) is 0 Å². The van der Waals surface area contributed by atoms with E-state index >= 15 is 0 Å². The van der Waals surface area contributed by atoms with Crippen molar-refractivity contribution in [3.05, 3.63) is 17.7 Å². The van der Waals surface area contributed by atoms with Crippen molar-refractivity contribution in [2.24, 2.45) is 4.99 Å². The number of hydrogen-bond donors (Lipinski definition) is 2. The fourth-order valence-electron chi connectivity index (χ4n) is 2.16. The highest BCUT2D eigenvalue weighted by molar-refractivity contribution is 5.80. The van der Waals surface area contributed by atoms with Crippen molar-refractivity contribution >= 4 is 5.96 Å². The Morgan fingerprint density at radius 3 is 2.48 bits per heavy atom. The van der Waals surface area contributed by atoms with Gasteiger partial charge >= 0.3 is 0 Å². The van der Waals surface area contributed by atoms with Gasteiger partial charge in [-0.2, -0.15) is 0 Å². The number of nitrogens with zero attached hydrogens (tertiary/aromatic N) is 1. The van der Waals surface area contributed by atoms with Gasteiger partial charge in [-0.05, 0) is 31.0 Å². The fourth-order valence-corrected chi connectivity index (χ4v) is 2.16. The lowest BCUT2D eigenvalue weighted by atomic mass is 10.1. The molecule has 1 aliphatic heterocycles. The van der Waals surface area contributed by atoms with E-state index in [9.17, 15) is 0 Å². The first kappa shape index (κ1) is 15.3. The van der Waals surface area contributed by atoms with E-state index in [0.717, 1.165) is 31.0 Å². The Balaban J connectivity index is 2.13. The number of guanidine groups is 1. The second kappa shape index (κ2) is 7.61. The number of hydrogen-bond acceptors (Lipinski definition) is 6. The van der Waals surface area contributed by atoms with Gasteiger partial charge in [-0.15, -0.1) is 0 Å². The van der Waals surface area contributed by atoms with E-state index in [4.69, 9.17) is 14.2 Å². The SMILES string of the molecule is CCOc1c(OC)cc(CNC2=NCCCN2)cc1OC. The van der Waals surface area contributed by atoms with Crippen molar-refractivity contribution in [2.75, 3.05) is 33.9 Å². The molecular weight excluding hydrogens is 270 g/mol. The minimum absolute atomic E-state index is 0.561. The van der Waals surface area contributed by atoms with Crippen molar-refractivity contribution in [2.45, 2.75) is 19.9 Å². The molecule has 1 heterocycles. The van der Waals surface area contributed by atoms with Gasteiger partial charge < -0.3 is 24.8 Å². The summed E-state index contributed by atoms with van der Waals surface area (Å²) in [6.45, 7) is 4.96. The first-order valence-corrected chi connectivity index (χ1v) is 7.18. The molecular formula is C15H23N3O3. The molecule has 0 saturated carbocycles. The number of nitrogens with one attached hydrogen (secondary N) is 2. The molecule has 0 aromatic heterocycles. The molecule has 6 heteroatoms. The van der Waals surface area contributed by atoms with Gasteiger partial charge in [0.05, 0.1) is 20.8 Å². The minimum Gasteiger partial charge on any atom is -0.493 e. The normalized spacial score (nSPS) is 14.0. The van der Waals surface area contributed by atoms with Crippen molar-refractivity contribution in [3.8, 4) is 17.2 Å². The summed E-state index contributed by atoms with van der Waals surface area (Å²) in [5.74, 6) is 2.82. The highest BCUT2D eigenvalue weighted by Crippen LogP contribution is 2.38. The smallest absolute Gasteiger partial charge is 0.203 e. The van der Waals surface area contributed by atoms with Gasteiger partial charge in [0.15, 0.2) is 17.5 Å². The summed E-state index contributed by atoms with van der Waals surface area (Å²) >= 11 is 0. The highest BCUT2D eigenvalue weighted by Gasteiger charge is 2.14. The van der Waals surface area contributed by atoms with Crippen LogP contribution in [0.3, 0.4) is 0 Å². The van der Waals surface area contributed by atoms with Crippen LogP contribution in [0, 0.1) is 0 Å². The van der Waals surface area contributed by atoms with Gasteiger partial charge in [0.25, 0.3) is 0 Å². The third kappa shape index (κ3) is 3.93. The van der Waals surface area contributed by atoms with Gasteiger partial charge in [-0.25, -0.2) is 0 Å². The van der Waals surface area contributed by atoms with Gasteiger partial charge in [0.1, 0.15) is 0 Å². The zero-order valence-electron chi connectivity index (χ0n) is 12.9. The fraction of sp³-hybridized carbons (Fsp3) is 0.533. The van der Waals surface area contributed by atoms with Crippen molar-refractivity contribution < 1.29 is 14.2 Å². The van der Waals surface area contributed by atoms with E-state index in [2.05, 4.69) is 15.6 Å². The lowest BCUT2D eigenvalue weighted by molar-refractivity contribution is 0.288. The van der Waals surface area contributed by atoms with E-state index in [0.29, 0.717) is 30.4 Å². The van der Waals surface area contributed by atoms with Crippen LogP contribution in [0.5, 0.6) is 17.2 Å². The van der Waals surface area contributed by atoms with Gasteiger partial charge in [0.2, 0.25) is 5.75 Å². The molecule has 0 unspecified atom stereocenters. The lowest BCUT2D eigenvalue weighted by Crippen LogP contribution is -2.40. The van der Waals surface area contributed by atoms with E-state index in [1.54, 1.807) is 14.2 Å². The van der Waals surface area contributed by atoms with Gasteiger partial charge in [-0.1, -0.05) is 0 Å². The van der Waals surface area contributed by atoms with Gasteiger partial charge in [-0.3, -0.25) is 4.99 Å². The summed E-state index contributed by atoms with van der Waals surface area (Å²) in [5.41, 5.74) is 1.04. The zero-order valence-corrected chi connectivity index (χ0v) is 12.9. The minimum atomic E-state index is 0.561. The molecule has 0 saturated heterocycles. The van der Waals surface area contributed by atoms with Crippen LogP contribution in [0.1, 0.15) is 18.9 Å². The molecule has 0 radical (unpaired) electrons. The molecule has 1 aromatic rings. The van der Waals surface area contributed by atoms with Crippen LogP contribution in [0.25, 0.3) is 0 Å². The third-order valence-electron chi connectivity index (χ3n) is 3.17. The van der Waals surface area contributed by atoms with Crippen molar-refractivity contribution in [3.63, 3.8) is 0 Å². The Bertz CT molecular complexity index is 478. The van der Waals surface area contributed by atoms with Crippen LogP contribution < -0.4 is 24.8 Å². The van der Waals surface area contributed by atoms with E-state index in [1.165, 1.54) is 0 Å². The molecule has 1 aliphatic rings. The largest absolute Gasteiger partial charge is 0.493 e. The van der Waals surface area contributed by atoms with Crippen molar-refractivity contribution in [1.82, 2.24) is 10.6 Å². The number of methoxy groups -OCH3 is 2. The first-order chi connectivity index (χ1) is 10.3. The maximum absolute atomic E-state index is 5.59. The molecule has 2 N–H and O–H groups in total. The van der Waals surface area contributed by atoms with E-state index < -0.39 is 0 Å². The lowest BCUT2D eigenvalue weighted by Gasteiger charge is -2.18. The molecule has 0 spiro atoms. The molecule has 2 rings (SSSR count). The van der Waals surface area contributed by atoms with Crippen LogP contribution in [0.15, 0.2) is 17.1 Å². The summed E-state index contributed by atoms with van der Waals surface area (Å²) in [4.78, 5) is 4.38. The first-order valence-electron chi connectivity index (χ1n) is 7.18. The summed E-state index contributed by atoms with van der Waals surface area (Å²) in [6.07, 6.45) is 1.08. The standard InChI is InChI=1S/C15H23N3O3/c1-4-21-14-12(19-2)8-11(9-13(14)20-3)10-18-15-16-6-5-7-17-15/h8-9H,4-7,10H2,1-3H3,(H2,16,17,18). The maximum Gasteiger partial charge on any atom is 0.203 e. The number of rotatable bonds is 6. The predicted molar refractivity (Wildman–Crippen MR) is 82.5 cm³/mol. The van der Waals surface area contributed by atoms with Crippen LogP contribution in [-0.2, 0) is 6.54 Å². The maximum atomic E-state index is 5.59. The van der Waals surface area contributed by atoms with Crippen LogP contribution in [-0.4, -0.2) is 39.9 Å². The molecule has 6 nitrogen and oxygen atoms in total. The monoisotopic (exact) mass is 293 g/mol. The molecule has 0 amide bonds. The Morgan fingerprint density at radius 1 is 1.24 bits per heavy atom. The molecule has 0 fully saturated rings. The van der Waals surface area contributed by atoms with E-state index in [1.807, 2.05) is 19.1 Å². The van der Waals surface area contributed by atoms with Gasteiger partial charge in [0, 0.05) is 19.6 Å². The van der Waals surface area contributed by atoms with Crippen LogP contribution >= 0.6 is 0 Å².